The topological polar surface area (TPSA) is 104 Å². The summed E-state index contributed by atoms with van der Waals surface area (Å²) in [5.41, 5.74) is 2.00. The number of hydrogen-bond donors (Lipinski definition) is 2. The van der Waals surface area contributed by atoms with Crippen LogP contribution in [0.25, 0.3) is 27.8 Å². The molecule has 2 aromatic carbocycles. The summed E-state index contributed by atoms with van der Waals surface area (Å²) in [5.74, 6) is -0.524. The number of H-pyrrole nitrogens is 1. The third kappa shape index (κ3) is 3.59. The zero-order valence-corrected chi connectivity index (χ0v) is 16.3. The van der Waals surface area contributed by atoms with E-state index in [2.05, 4.69) is 15.3 Å². The number of hydrogen-bond acceptors (Lipinski definition) is 5. The summed E-state index contributed by atoms with van der Waals surface area (Å²) in [6.07, 6.45) is 1.72. The molecule has 4 aromatic rings. The lowest BCUT2D eigenvalue weighted by Crippen LogP contribution is -2.29. The van der Waals surface area contributed by atoms with Crippen molar-refractivity contribution < 1.29 is 14.3 Å². The van der Waals surface area contributed by atoms with Crippen LogP contribution in [0, 0.1) is 5.82 Å². The van der Waals surface area contributed by atoms with Crippen molar-refractivity contribution in [2.45, 2.75) is 12.5 Å². The molecule has 2 N–H and O–H groups in total. The maximum atomic E-state index is 13.5. The van der Waals surface area contributed by atoms with Crippen LogP contribution in [0.15, 0.2) is 59.5 Å². The van der Waals surface area contributed by atoms with Crippen LogP contribution in [0.5, 0.6) is 0 Å². The van der Waals surface area contributed by atoms with E-state index in [-0.39, 0.29) is 17.0 Å². The number of benzene rings is 2. The summed E-state index contributed by atoms with van der Waals surface area (Å²) >= 11 is 0. The third-order valence-electron chi connectivity index (χ3n) is 5.41. The Morgan fingerprint density at radius 1 is 1.16 bits per heavy atom. The van der Waals surface area contributed by atoms with Gasteiger partial charge in [0.25, 0.3) is 11.5 Å². The van der Waals surface area contributed by atoms with E-state index in [4.69, 9.17) is 0 Å². The Morgan fingerprint density at radius 2 is 1.97 bits per heavy atom. The first-order chi connectivity index (χ1) is 15.0. The zero-order chi connectivity index (χ0) is 21.5. The van der Waals surface area contributed by atoms with Crippen LogP contribution in [-0.2, 0) is 0 Å². The second-order valence-corrected chi connectivity index (χ2v) is 7.53. The van der Waals surface area contributed by atoms with Gasteiger partial charge < -0.3 is 15.0 Å². The van der Waals surface area contributed by atoms with Crippen LogP contribution in [0.4, 0.5) is 4.39 Å². The van der Waals surface area contributed by atoms with Crippen molar-refractivity contribution in [1.29, 1.82) is 0 Å². The number of nitrogens with zero attached hydrogens (tertiary/aromatic N) is 4. The highest BCUT2D eigenvalue weighted by Gasteiger charge is 2.25. The number of likely N-dealkylation sites (tertiary alicyclic amines) is 1. The molecule has 5 rings (SSSR count). The molecular formula is C22H18FN5O3. The summed E-state index contributed by atoms with van der Waals surface area (Å²) in [7, 11) is 0. The highest BCUT2D eigenvalue weighted by molar-refractivity contribution is 5.94. The second kappa shape index (κ2) is 7.44. The molecule has 0 aliphatic carbocycles. The average Bonchev–Trinajstić information content (AvgIpc) is 3.43. The Morgan fingerprint density at radius 3 is 2.71 bits per heavy atom. The van der Waals surface area contributed by atoms with Gasteiger partial charge >= 0.3 is 0 Å². The van der Waals surface area contributed by atoms with Crippen LogP contribution in [0.3, 0.4) is 0 Å². The molecular weight excluding hydrogens is 401 g/mol. The number of carbonyl (C=O) groups excluding carboxylic acids is 1. The smallest absolute Gasteiger partial charge is 0.258 e. The van der Waals surface area contributed by atoms with Crippen molar-refractivity contribution in [2.24, 2.45) is 0 Å². The quantitative estimate of drug-likeness (QED) is 0.529. The molecule has 0 saturated carbocycles. The summed E-state index contributed by atoms with van der Waals surface area (Å²) in [4.78, 5) is 29.3. The minimum atomic E-state index is -0.466. The SMILES string of the molecule is O=C(c1ccc(-n2cc(-c3cc4cc(F)ccc4[nH]c3=O)nn2)cc1)N1CCC(O)C1. The normalized spacial score (nSPS) is 16.2. The van der Waals surface area contributed by atoms with Crippen LogP contribution in [0.2, 0.25) is 0 Å². The van der Waals surface area contributed by atoms with E-state index in [1.54, 1.807) is 41.4 Å². The van der Waals surface area contributed by atoms with E-state index in [9.17, 15) is 19.1 Å². The van der Waals surface area contributed by atoms with Gasteiger partial charge in [0.15, 0.2) is 0 Å². The predicted molar refractivity (Wildman–Crippen MR) is 111 cm³/mol. The minimum Gasteiger partial charge on any atom is -0.391 e. The molecule has 1 atom stereocenters. The van der Waals surface area contributed by atoms with Crippen LogP contribution in [0.1, 0.15) is 16.8 Å². The van der Waals surface area contributed by atoms with Crippen molar-refractivity contribution in [1.82, 2.24) is 24.9 Å². The van der Waals surface area contributed by atoms with Gasteiger partial charge in [0.2, 0.25) is 0 Å². The van der Waals surface area contributed by atoms with Crippen molar-refractivity contribution in [3.63, 3.8) is 0 Å². The lowest BCUT2D eigenvalue weighted by atomic mass is 10.1. The number of aliphatic hydroxyl groups excluding tert-OH is 1. The molecule has 31 heavy (non-hydrogen) atoms. The van der Waals surface area contributed by atoms with E-state index in [0.717, 1.165) is 0 Å². The van der Waals surface area contributed by atoms with Gasteiger partial charge in [-0.1, -0.05) is 5.21 Å². The van der Waals surface area contributed by atoms with Gasteiger partial charge in [0, 0.05) is 29.6 Å². The standard InChI is InChI=1S/C22H18FN5O3/c23-15-3-6-19-14(9-15)10-18(21(30)24-19)20-12-28(26-25-20)16-4-1-13(2-5-16)22(31)27-8-7-17(29)11-27/h1-6,9-10,12,17,29H,7-8,11H2,(H,24,30). The van der Waals surface area contributed by atoms with E-state index in [0.29, 0.717) is 47.4 Å². The molecule has 156 valence electrons. The number of amides is 1. The first kappa shape index (κ1) is 19.1. The highest BCUT2D eigenvalue weighted by Crippen LogP contribution is 2.20. The Labute approximate surface area is 175 Å². The third-order valence-corrected chi connectivity index (χ3v) is 5.41. The number of aromatic amines is 1. The number of aromatic nitrogens is 4. The van der Waals surface area contributed by atoms with Crippen molar-refractivity contribution in [2.75, 3.05) is 13.1 Å². The van der Waals surface area contributed by atoms with Gasteiger partial charge in [-0.3, -0.25) is 9.59 Å². The van der Waals surface area contributed by atoms with Gasteiger partial charge in [0.05, 0.1) is 23.6 Å². The molecule has 1 aliphatic rings. The molecule has 1 fully saturated rings. The average molecular weight is 419 g/mol. The summed E-state index contributed by atoms with van der Waals surface area (Å²) in [5, 5.41) is 18.3. The molecule has 0 bridgehead atoms. The highest BCUT2D eigenvalue weighted by atomic mass is 19.1. The lowest BCUT2D eigenvalue weighted by molar-refractivity contribution is 0.0765. The molecule has 2 aromatic heterocycles. The maximum absolute atomic E-state index is 13.5. The number of nitrogens with one attached hydrogen (secondary N) is 1. The largest absolute Gasteiger partial charge is 0.391 e. The molecule has 1 unspecified atom stereocenters. The Kier molecular flexibility index (Phi) is 4.59. The number of halogens is 1. The molecule has 0 radical (unpaired) electrons. The Balaban J connectivity index is 1.42. The molecule has 0 spiro atoms. The molecule has 1 amide bonds. The van der Waals surface area contributed by atoms with Crippen LogP contribution in [-0.4, -0.2) is 55.1 Å². The number of aliphatic hydroxyl groups is 1. The fraction of sp³-hybridized carbons (Fsp3) is 0.182. The van der Waals surface area contributed by atoms with Crippen molar-refractivity contribution >= 4 is 16.8 Å². The number of carbonyl (C=O) groups is 1. The first-order valence-electron chi connectivity index (χ1n) is 9.81. The number of pyridine rings is 1. The van der Waals surface area contributed by atoms with Crippen LogP contribution >= 0.6 is 0 Å². The number of fused-ring (bicyclic) bond motifs is 1. The van der Waals surface area contributed by atoms with E-state index in [1.807, 2.05) is 0 Å². The summed E-state index contributed by atoms with van der Waals surface area (Å²) < 4.78 is 15.0. The van der Waals surface area contributed by atoms with Gasteiger partial charge in [0.1, 0.15) is 11.5 Å². The van der Waals surface area contributed by atoms with Crippen LogP contribution < -0.4 is 5.56 Å². The van der Waals surface area contributed by atoms with E-state index < -0.39 is 11.9 Å². The Hall–Kier alpha value is -3.85. The lowest BCUT2D eigenvalue weighted by Gasteiger charge is -2.15. The summed E-state index contributed by atoms with van der Waals surface area (Å²) in [6, 6.07) is 12.6. The van der Waals surface area contributed by atoms with Crippen molar-refractivity contribution in [3.8, 4) is 16.9 Å². The van der Waals surface area contributed by atoms with Gasteiger partial charge in [-0.2, -0.15) is 0 Å². The minimum absolute atomic E-state index is 0.127. The molecule has 1 aliphatic heterocycles. The first-order valence-corrected chi connectivity index (χ1v) is 9.81. The molecule has 9 heteroatoms. The van der Waals surface area contributed by atoms with Gasteiger partial charge in [-0.15, -0.1) is 5.10 Å². The zero-order valence-electron chi connectivity index (χ0n) is 16.3. The Bertz CT molecular complexity index is 1350. The van der Waals surface area contributed by atoms with Gasteiger partial charge in [-0.05, 0) is 55.0 Å². The fourth-order valence-corrected chi connectivity index (χ4v) is 3.75. The monoisotopic (exact) mass is 419 g/mol. The maximum Gasteiger partial charge on any atom is 0.258 e. The second-order valence-electron chi connectivity index (χ2n) is 7.53. The molecule has 3 heterocycles. The van der Waals surface area contributed by atoms with E-state index >= 15 is 0 Å². The van der Waals surface area contributed by atoms with Gasteiger partial charge in [-0.25, -0.2) is 9.07 Å². The fourth-order valence-electron chi connectivity index (χ4n) is 3.75. The summed E-state index contributed by atoms with van der Waals surface area (Å²) in [6.45, 7) is 0.885. The number of β-amino-alcohol motifs (C(OH)–C–C–N with tert-alkyl or cyclic N) is 1. The predicted octanol–water partition coefficient (Wildman–Crippen LogP) is 2.12. The van der Waals surface area contributed by atoms with E-state index in [1.165, 1.54) is 22.9 Å². The molecule has 1 saturated heterocycles. The molecule has 8 nitrogen and oxygen atoms in total. The van der Waals surface area contributed by atoms with Crippen molar-refractivity contribution in [3.05, 3.63) is 76.5 Å². The number of rotatable bonds is 3.